The Kier molecular flexibility index (Phi) is 5.55. The minimum atomic E-state index is -1.36. The van der Waals surface area contributed by atoms with E-state index < -0.39 is 47.5 Å². The molecule has 0 saturated carbocycles. The van der Waals surface area contributed by atoms with Crippen molar-refractivity contribution in [1.29, 1.82) is 0 Å². The van der Waals surface area contributed by atoms with Crippen LogP contribution in [0.5, 0.6) is 0 Å². The molecule has 1 N–H and O–H groups in total. The van der Waals surface area contributed by atoms with Gasteiger partial charge in [0, 0.05) is 6.54 Å². The van der Waals surface area contributed by atoms with Crippen LogP contribution >= 0.6 is 11.6 Å². The third-order valence-electron chi connectivity index (χ3n) is 6.94. The van der Waals surface area contributed by atoms with Crippen LogP contribution in [0.1, 0.15) is 13.3 Å². The first-order chi connectivity index (χ1) is 15.9. The lowest BCUT2D eigenvalue weighted by atomic mass is 9.77. The van der Waals surface area contributed by atoms with Crippen LogP contribution in [0.25, 0.3) is 0 Å². The van der Waals surface area contributed by atoms with Crippen LogP contribution in [-0.4, -0.2) is 71.3 Å². The molecule has 5 rings (SSSR count). The van der Waals surface area contributed by atoms with Crippen molar-refractivity contribution in [2.75, 3.05) is 24.7 Å². The second kappa shape index (κ2) is 8.27. The monoisotopic (exact) mass is 472 g/mol. The predicted octanol–water partition coefficient (Wildman–Crippen LogP) is 1.71. The highest BCUT2D eigenvalue weighted by atomic mass is 35.5. The summed E-state index contributed by atoms with van der Waals surface area (Å²) in [4.78, 5) is 43.7. The maximum absolute atomic E-state index is 14.1. The third-order valence-corrected chi connectivity index (χ3v) is 7.26. The molecule has 0 aromatic heterocycles. The highest BCUT2D eigenvalue weighted by Crippen LogP contribution is 2.54. The number of amides is 2. The van der Waals surface area contributed by atoms with Gasteiger partial charge in [0.1, 0.15) is 17.6 Å². The normalized spacial score (nSPS) is 34.2. The predicted molar refractivity (Wildman–Crippen MR) is 119 cm³/mol. The van der Waals surface area contributed by atoms with E-state index in [0.29, 0.717) is 17.1 Å². The van der Waals surface area contributed by atoms with Crippen molar-refractivity contribution in [3.05, 3.63) is 53.6 Å². The van der Waals surface area contributed by atoms with Gasteiger partial charge in [-0.25, -0.2) is 0 Å². The van der Waals surface area contributed by atoms with Gasteiger partial charge in [-0.05, 0) is 25.5 Å². The van der Waals surface area contributed by atoms with Crippen LogP contribution in [0.4, 0.5) is 5.69 Å². The van der Waals surface area contributed by atoms with E-state index in [4.69, 9.17) is 21.1 Å². The summed E-state index contributed by atoms with van der Waals surface area (Å²) in [5.74, 6) is -3.11. The van der Waals surface area contributed by atoms with Crippen molar-refractivity contribution in [2.24, 2.45) is 11.8 Å². The fourth-order valence-corrected chi connectivity index (χ4v) is 5.73. The maximum atomic E-state index is 14.1. The van der Waals surface area contributed by atoms with Crippen molar-refractivity contribution < 1.29 is 29.0 Å². The SMILES string of the molecule is C[C@H](CO)N1C(=O)[C@@H]2[C@H]3C(=O)OCCC=C[C@H]3O[C@@]23C=CCN(c2ccccc2Cl)C(=O)C13. The Morgan fingerprint density at radius 2 is 2.00 bits per heavy atom. The van der Waals surface area contributed by atoms with Crippen LogP contribution < -0.4 is 4.90 Å². The van der Waals surface area contributed by atoms with Crippen molar-refractivity contribution in [3.8, 4) is 0 Å². The van der Waals surface area contributed by atoms with Crippen LogP contribution in [0.2, 0.25) is 5.02 Å². The number of hydrogen-bond acceptors (Lipinski definition) is 6. The Bertz CT molecular complexity index is 1060. The van der Waals surface area contributed by atoms with Gasteiger partial charge in [-0.2, -0.15) is 0 Å². The molecule has 4 aliphatic heterocycles. The third kappa shape index (κ3) is 3.23. The van der Waals surface area contributed by atoms with Gasteiger partial charge in [0.25, 0.3) is 5.91 Å². The van der Waals surface area contributed by atoms with Crippen molar-refractivity contribution in [2.45, 2.75) is 37.1 Å². The van der Waals surface area contributed by atoms with Crippen LogP contribution in [-0.2, 0) is 23.9 Å². The van der Waals surface area contributed by atoms with Crippen molar-refractivity contribution in [1.82, 2.24) is 4.90 Å². The first-order valence-corrected chi connectivity index (χ1v) is 11.5. The van der Waals surface area contributed by atoms with Gasteiger partial charge in [0.2, 0.25) is 5.91 Å². The van der Waals surface area contributed by atoms with Crippen molar-refractivity contribution >= 4 is 35.1 Å². The Labute approximate surface area is 196 Å². The van der Waals surface area contributed by atoms with E-state index >= 15 is 0 Å². The molecule has 0 radical (unpaired) electrons. The first-order valence-electron chi connectivity index (χ1n) is 11.1. The minimum Gasteiger partial charge on any atom is -0.465 e. The number of nitrogens with zero attached hydrogens (tertiary/aromatic N) is 2. The molecule has 174 valence electrons. The quantitative estimate of drug-likeness (QED) is 0.531. The van der Waals surface area contributed by atoms with E-state index in [9.17, 15) is 19.5 Å². The Morgan fingerprint density at radius 3 is 2.76 bits per heavy atom. The number of fused-ring (bicyclic) bond motifs is 2. The number of benzene rings is 1. The van der Waals surface area contributed by atoms with E-state index in [0.717, 1.165) is 0 Å². The van der Waals surface area contributed by atoms with E-state index in [2.05, 4.69) is 0 Å². The molecule has 1 aromatic rings. The van der Waals surface area contributed by atoms with Gasteiger partial charge in [0.15, 0.2) is 0 Å². The highest BCUT2D eigenvalue weighted by molar-refractivity contribution is 6.34. The number of carbonyl (C=O) groups is 3. The van der Waals surface area contributed by atoms with Gasteiger partial charge in [0.05, 0.1) is 42.0 Å². The molecular formula is C24H25ClN2O6. The molecule has 2 saturated heterocycles. The summed E-state index contributed by atoms with van der Waals surface area (Å²) >= 11 is 6.40. The summed E-state index contributed by atoms with van der Waals surface area (Å²) in [5, 5.41) is 10.3. The summed E-state index contributed by atoms with van der Waals surface area (Å²) in [6, 6.07) is 5.26. The lowest BCUT2D eigenvalue weighted by Crippen LogP contribution is -2.57. The van der Waals surface area contributed by atoms with E-state index in [1.54, 1.807) is 49.4 Å². The van der Waals surface area contributed by atoms with E-state index in [1.807, 2.05) is 6.08 Å². The number of cyclic esters (lactones) is 1. The van der Waals surface area contributed by atoms with Crippen LogP contribution in [0, 0.1) is 11.8 Å². The van der Waals surface area contributed by atoms with Crippen LogP contribution in [0.3, 0.4) is 0 Å². The molecule has 4 aliphatic rings. The second-order valence-electron chi connectivity index (χ2n) is 8.81. The Balaban J connectivity index is 1.65. The molecule has 2 fully saturated rings. The summed E-state index contributed by atoms with van der Waals surface area (Å²) in [7, 11) is 0. The van der Waals surface area contributed by atoms with Gasteiger partial charge in [-0.1, -0.05) is 48.0 Å². The molecule has 0 aliphatic carbocycles. The fraction of sp³-hybridized carbons (Fsp3) is 0.458. The number of hydrogen-bond donors (Lipinski definition) is 1. The van der Waals surface area contributed by atoms with Gasteiger partial charge < -0.3 is 24.4 Å². The lowest BCUT2D eigenvalue weighted by molar-refractivity contribution is -0.155. The molecule has 1 unspecified atom stereocenters. The van der Waals surface area contributed by atoms with E-state index in [1.165, 1.54) is 9.80 Å². The fourth-order valence-electron chi connectivity index (χ4n) is 5.50. The summed E-state index contributed by atoms with van der Waals surface area (Å²) in [5.41, 5.74) is -0.849. The number of rotatable bonds is 3. The number of halogens is 1. The Morgan fingerprint density at radius 1 is 1.21 bits per heavy atom. The largest absolute Gasteiger partial charge is 0.465 e. The smallest absolute Gasteiger partial charge is 0.312 e. The summed E-state index contributed by atoms with van der Waals surface area (Å²) in [6.07, 6.45) is 7.04. The number of aliphatic hydroxyl groups is 1. The zero-order chi connectivity index (χ0) is 23.3. The number of likely N-dealkylation sites (tertiary alicyclic amines) is 1. The highest BCUT2D eigenvalue weighted by Gasteiger charge is 2.72. The standard InChI is InChI=1S/C24H25ClN2O6/c1-14(13-28)27-20-22(30)26(16-8-3-2-7-15(16)25)11-6-10-24(20)19(21(27)29)18-17(33-24)9-4-5-12-32-23(18)31/h2-4,6-10,14,17-20,28H,5,11-13H2,1H3/t14-,17-,18+,19+,20?,24+/m1/s1. The number of aliphatic hydroxyl groups excluding tert-OH is 1. The van der Waals surface area contributed by atoms with Gasteiger partial charge in [-0.15, -0.1) is 0 Å². The number of anilines is 1. The zero-order valence-corrected chi connectivity index (χ0v) is 18.9. The van der Waals surface area contributed by atoms with Gasteiger partial charge in [-0.3, -0.25) is 14.4 Å². The van der Waals surface area contributed by atoms with Crippen molar-refractivity contribution in [3.63, 3.8) is 0 Å². The molecule has 1 spiro atoms. The average Bonchev–Trinajstić information content (AvgIpc) is 3.18. The minimum absolute atomic E-state index is 0.224. The number of ether oxygens (including phenoxy) is 2. The van der Waals surface area contributed by atoms with Gasteiger partial charge >= 0.3 is 5.97 Å². The molecule has 9 heteroatoms. The number of esters is 1. The first kappa shape index (κ1) is 22.1. The lowest BCUT2D eigenvalue weighted by Gasteiger charge is -2.37. The maximum Gasteiger partial charge on any atom is 0.312 e. The topological polar surface area (TPSA) is 96.4 Å². The van der Waals surface area contributed by atoms with Crippen LogP contribution in [0.15, 0.2) is 48.6 Å². The zero-order valence-electron chi connectivity index (χ0n) is 18.1. The molecule has 8 nitrogen and oxygen atoms in total. The molecule has 33 heavy (non-hydrogen) atoms. The summed E-state index contributed by atoms with van der Waals surface area (Å²) in [6.45, 7) is 1.78. The molecule has 2 amide bonds. The number of carbonyl (C=O) groups excluding carboxylic acids is 3. The second-order valence-corrected chi connectivity index (χ2v) is 9.21. The average molecular weight is 473 g/mol. The Hall–Kier alpha value is -2.68. The molecule has 1 aromatic carbocycles. The molecule has 6 atom stereocenters. The summed E-state index contributed by atoms with van der Waals surface area (Å²) < 4.78 is 11.8. The number of para-hydroxylation sites is 1. The molecular weight excluding hydrogens is 448 g/mol. The van der Waals surface area contributed by atoms with E-state index in [-0.39, 0.29) is 25.7 Å². The molecule has 0 bridgehead atoms. The molecule has 4 heterocycles.